The molecule has 0 spiro atoms. The van der Waals surface area contributed by atoms with Crippen LogP contribution >= 0.6 is 0 Å². The minimum atomic E-state index is -0.742. The van der Waals surface area contributed by atoms with Gasteiger partial charge in [-0.2, -0.15) is 0 Å². The summed E-state index contributed by atoms with van der Waals surface area (Å²) < 4.78 is 16.0. The molecule has 4 aromatic rings. The molecule has 4 nitrogen and oxygen atoms in total. The van der Waals surface area contributed by atoms with Crippen LogP contribution in [-0.2, 0) is 14.3 Å². The lowest BCUT2D eigenvalue weighted by atomic mass is 9.82. The molecule has 0 fully saturated rings. The highest BCUT2D eigenvalue weighted by Gasteiger charge is 2.26. The minimum Gasteiger partial charge on any atom is -0.481 e. The van der Waals surface area contributed by atoms with E-state index in [0.29, 0.717) is 18.9 Å². The minimum absolute atomic E-state index is 0.0694. The van der Waals surface area contributed by atoms with Crippen LogP contribution in [0.2, 0.25) is 0 Å². The topological polar surface area (TPSA) is 63.6 Å². The smallest absolute Gasteiger partial charge is 0.307 e. The van der Waals surface area contributed by atoms with Crippen LogP contribution in [0.1, 0.15) is 83.8 Å². The zero-order chi connectivity index (χ0) is 36.7. The number of ether oxygens (including phenoxy) is 1. The molecule has 0 bridgehead atoms. The van der Waals surface area contributed by atoms with Crippen molar-refractivity contribution in [3.8, 4) is 12.5 Å². The second-order valence-corrected chi connectivity index (χ2v) is 11.7. The number of Topliss-reactive ketones (excluding diaryl/α,β-unsaturated/α-hetero) is 1. The Labute approximate surface area is 295 Å². The van der Waals surface area contributed by atoms with Crippen LogP contribution in [0.5, 0.6) is 0 Å². The van der Waals surface area contributed by atoms with Gasteiger partial charge in [0.15, 0.2) is 0 Å². The van der Waals surface area contributed by atoms with Gasteiger partial charge in [-0.25, -0.2) is 0 Å². The Morgan fingerprint density at radius 2 is 1.33 bits per heavy atom. The maximum atomic E-state index is 11.7. The zero-order valence-corrected chi connectivity index (χ0v) is 30.4. The maximum Gasteiger partial charge on any atom is 0.307 e. The number of benzene rings is 4. The van der Waals surface area contributed by atoms with Crippen LogP contribution in [-0.4, -0.2) is 30.1 Å². The number of carbonyl (C=O) groups excluding carboxylic acids is 1. The Morgan fingerprint density at radius 1 is 0.857 bits per heavy atom. The van der Waals surface area contributed by atoms with E-state index in [0.717, 1.165) is 18.4 Å². The van der Waals surface area contributed by atoms with Crippen molar-refractivity contribution in [3.63, 3.8) is 0 Å². The van der Waals surface area contributed by atoms with Crippen molar-refractivity contribution in [1.82, 2.24) is 0 Å². The highest BCUT2D eigenvalue weighted by atomic mass is 19.1. The number of allylic oxidation sites excluding steroid dienone is 2. The van der Waals surface area contributed by atoms with Gasteiger partial charge in [-0.3, -0.25) is 14.0 Å². The van der Waals surface area contributed by atoms with Gasteiger partial charge < -0.3 is 9.84 Å². The van der Waals surface area contributed by atoms with E-state index in [1.165, 1.54) is 29.7 Å². The van der Waals surface area contributed by atoms with Gasteiger partial charge in [-0.1, -0.05) is 174 Å². The number of alkyl halides is 1. The van der Waals surface area contributed by atoms with E-state index in [-0.39, 0.29) is 18.1 Å². The Hall–Kier alpha value is -4.69. The molecule has 4 rings (SSSR count). The normalized spacial score (nSPS) is 11.6. The number of carbonyl (C=O) groups is 2. The van der Waals surface area contributed by atoms with Crippen molar-refractivity contribution in [2.75, 3.05) is 13.3 Å². The average molecular weight is 669 g/mol. The van der Waals surface area contributed by atoms with Gasteiger partial charge >= 0.3 is 5.97 Å². The van der Waals surface area contributed by atoms with Gasteiger partial charge in [0.1, 0.15) is 18.5 Å². The first-order valence-electron chi connectivity index (χ1n) is 17.2. The predicted molar refractivity (Wildman–Crippen MR) is 205 cm³/mol. The first kappa shape index (κ1) is 44.3. The van der Waals surface area contributed by atoms with Crippen LogP contribution in [0.15, 0.2) is 121 Å². The summed E-state index contributed by atoms with van der Waals surface area (Å²) >= 11 is 0. The van der Waals surface area contributed by atoms with E-state index < -0.39 is 18.6 Å². The fourth-order valence-corrected chi connectivity index (χ4v) is 4.44. The summed E-state index contributed by atoms with van der Waals surface area (Å²) in [5, 5.41) is 12.2. The number of terminal acetylenes is 1. The van der Waals surface area contributed by atoms with Gasteiger partial charge in [0, 0.05) is 12.3 Å². The number of carboxylic acid groups (broad SMARTS) is 1. The van der Waals surface area contributed by atoms with Crippen LogP contribution in [0.25, 0.3) is 10.8 Å². The fraction of sp³-hybridized carbons (Fsp3) is 0.364. The lowest BCUT2D eigenvalue weighted by Crippen LogP contribution is -2.21. The summed E-state index contributed by atoms with van der Waals surface area (Å²) in [4.78, 5) is 21.5. The van der Waals surface area contributed by atoms with Crippen molar-refractivity contribution in [2.24, 2.45) is 11.8 Å². The summed E-state index contributed by atoms with van der Waals surface area (Å²) in [6.45, 7) is 11.8. The van der Waals surface area contributed by atoms with Crippen molar-refractivity contribution in [2.45, 2.75) is 79.6 Å². The number of fused-ring (bicyclic) bond motifs is 1. The van der Waals surface area contributed by atoms with Crippen molar-refractivity contribution in [1.29, 1.82) is 0 Å². The molecule has 0 amide bonds. The van der Waals surface area contributed by atoms with Crippen LogP contribution in [0, 0.1) is 31.3 Å². The van der Waals surface area contributed by atoms with Crippen LogP contribution in [0.3, 0.4) is 0 Å². The highest BCUT2D eigenvalue weighted by Crippen LogP contribution is 2.30. The van der Waals surface area contributed by atoms with Crippen molar-refractivity contribution < 1.29 is 23.8 Å². The molecule has 0 aliphatic heterocycles. The quantitative estimate of drug-likeness (QED) is 0.121. The largest absolute Gasteiger partial charge is 0.481 e. The molecule has 4 aromatic carbocycles. The van der Waals surface area contributed by atoms with Gasteiger partial charge in [-0.15, -0.1) is 0 Å². The first-order valence-corrected chi connectivity index (χ1v) is 17.2. The van der Waals surface area contributed by atoms with Crippen LogP contribution in [0.4, 0.5) is 4.39 Å². The van der Waals surface area contributed by atoms with Crippen molar-refractivity contribution in [3.05, 3.63) is 132 Å². The number of halogens is 1. The Bertz CT molecular complexity index is 1400. The number of carboxylic acids is 1. The van der Waals surface area contributed by atoms with E-state index in [1.807, 2.05) is 67.6 Å². The molecule has 3 unspecified atom stereocenters. The fourth-order valence-electron chi connectivity index (χ4n) is 4.44. The molecule has 0 saturated heterocycles. The molecule has 0 radical (unpaired) electrons. The van der Waals surface area contributed by atoms with Gasteiger partial charge in [0.25, 0.3) is 0 Å². The molecule has 0 heterocycles. The molecule has 49 heavy (non-hydrogen) atoms. The standard InChI is InChI=1S/C20H26O3.C10H8.C7H8.C4H7FO.C3H8/c1-4-10-19(20(21)22)18(17-12-7-6-8-13-17)14-9-11-16(3)15-23-5-2;1-2-6-10-8-4-3-7-9(10)5-1;1-7-5-3-2-4-6-7;1-4(6)2-3-5;1-3-2/h2,6-9,12-14,16,18-19H,4,10-11,15H2,1,3H3,(H,21,22);1-8H;2-6H,1H3;2-3H2,1H3;3H2,1-2H3/b14-9+;;;;. The Kier molecular flexibility index (Phi) is 26.6. The monoisotopic (exact) mass is 668 g/mol. The molecular formula is C44H57FO4. The number of rotatable bonds is 12. The summed E-state index contributed by atoms with van der Waals surface area (Å²) in [7, 11) is 0. The van der Waals surface area contributed by atoms with E-state index in [4.69, 9.17) is 11.2 Å². The lowest BCUT2D eigenvalue weighted by molar-refractivity contribution is -0.142. The number of aliphatic carboxylic acids is 1. The third-order valence-corrected chi connectivity index (χ3v) is 6.91. The Balaban J connectivity index is 0.000000717. The molecule has 0 aromatic heterocycles. The summed E-state index contributed by atoms with van der Waals surface area (Å²) in [5.41, 5.74) is 2.36. The number of hydrogen-bond acceptors (Lipinski definition) is 3. The number of aryl methyl sites for hydroxylation is 1. The Morgan fingerprint density at radius 3 is 1.67 bits per heavy atom. The number of hydrogen-bond donors (Lipinski definition) is 1. The summed E-state index contributed by atoms with van der Waals surface area (Å²) in [6.07, 6.45) is 15.0. The first-order chi connectivity index (χ1) is 23.6. The third-order valence-electron chi connectivity index (χ3n) is 6.91. The predicted octanol–water partition coefficient (Wildman–Crippen LogP) is 11.6. The van der Waals surface area contributed by atoms with Gasteiger partial charge in [-0.05, 0) is 48.9 Å². The SMILES string of the molecule is C#COCC(C)C/C=C/C(c1ccccc1)C(CCC)C(=O)O.CC(=O)CCF.CCC.Cc1ccccc1.c1ccc2ccccc2c1. The molecule has 264 valence electrons. The van der Waals surface area contributed by atoms with E-state index in [9.17, 15) is 19.1 Å². The molecule has 0 aliphatic carbocycles. The van der Waals surface area contributed by atoms with E-state index in [2.05, 4.69) is 94.5 Å². The molecular weight excluding hydrogens is 611 g/mol. The molecule has 1 N–H and O–H groups in total. The third kappa shape index (κ3) is 22.5. The number of ketones is 1. The molecule has 5 heteroatoms. The van der Waals surface area contributed by atoms with E-state index >= 15 is 0 Å². The highest BCUT2D eigenvalue weighted by molar-refractivity contribution is 5.82. The van der Waals surface area contributed by atoms with E-state index in [1.54, 1.807) is 0 Å². The van der Waals surface area contributed by atoms with Gasteiger partial charge in [0.05, 0.1) is 12.6 Å². The average Bonchev–Trinajstić information content (AvgIpc) is 3.10. The van der Waals surface area contributed by atoms with Gasteiger partial charge in [0.2, 0.25) is 0 Å². The lowest BCUT2D eigenvalue weighted by Gasteiger charge is -2.21. The second-order valence-electron chi connectivity index (χ2n) is 11.7. The maximum absolute atomic E-state index is 11.7. The molecule has 0 saturated carbocycles. The van der Waals surface area contributed by atoms with Crippen molar-refractivity contribution >= 4 is 22.5 Å². The zero-order valence-electron chi connectivity index (χ0n) is 30.4. The molecule has 3 atom stereocenters. The van der Waals surface area contributed by atoms with Crippen LogP contribution < -0.4 is 0 Å². The second kappa shape index (κ2) is 29.4. The summed E-state index contributed by atoms with van der Waals surface area (Å²) in [5.74, 6) is -1.05. The summed E-state index contributed by atoms with van der Waals surface area (Å²) in [6, 6.07) is 36.8. The molecule has 0 aliphatic rings.